The van der Waals surface area contributed by atoms with E-state index in [4.69, 9.17) is 0 Å². The molecule has 54 heavy (non-hydrogen) atoms. The standard InChI is InChI=1S/C42H40N4O6S2/c1-28-20-22-30(3)39(26-28)53(49,50)44-36-17-9-7-15-34(36)41(47)43-24-25-46(38-19-11-13-32-12-5-6-14-33(32)38)42(48)35-16-8-10-18-37(35)45-54(51,52)40-27-29(2)21-23-31(40)4/h5-23,26-27,44-45H,24-25H2,1-4H3,(H,43,47). The minimum absolute atomic E-state index is 0.00691. The van der Waals surface area contributed by atoms with Crippen LogP contribution in [0.5, 0.6) is 0 Å². The summed E-state index contributed by atoms with van der Waals surface area (Å²) in [5.41, 5.74) is 3.64. The van der Waals surface area contributed by atoms with Crippen LogP contribution >= 0.6 is 0 Å². The lowest BCUT2D eigenvalue weighted by Gasteiger charge is -2.26. The fourth-order valence-electron chi connectivity index (χ4n) is 6.22. The first-order valence-electron chi connectivity index (χ1n) is 17.2. The van der Waals surface area contributed by atoms with E-state index in [1.54, 1.807) is 88.4 Å². The Morgan fingerprint density at radius 2 is 1.07 bits per heavy atom. The van der Waals surface area contributed by atoms with Gasteiger partial charge in [-0.1, -0.05) is 84.9 Å². The average molecular weight is 761 g/mol. The van der Waals surface area contributed by atoms with Gasteiger partial charge in [-0.3, -0.25) is 19.0 Å². The third-order valence-corrected chi connectivity index (χ3v) is 12.0. The topological polar surface area (TPSA) is 142 Å². The average Bonchev–Trinajstić information content (AvgIpc) is 3.15. The van der Waals surface area contributed by atoms with Gasteiger partial charge in [-0.2, -0.15) is 0 Å². The van der Waals surface area contributed by atoms with Crippen LogP contribution in [0.1, 0.15) is 43.0 Å². The molecular weight excluding hydrogens is 721 g/mol. The van der Waals surface area contributed by atoms with Gasteiger partial charge < -0.3 is 10.2 Å². The van der Waals surface area contributed by atoms with Crippen molar-refractivity contribution in [2.45, 2.75) is 37.5 Å². The minimum Gasteiger partial charge on any atom is -0.350 e. The van der Waals surface area contributed by atoms with Crippen molar-refractivity contribution in [1.82, 2.24) is 5.32 Å². The number of hydrogen-bond donors (Lipinski definition) is 3. The van der Waals surface area contributed by atoms with Crippen LogP contribution in [0.15, 0.2) is 137 Å². The van der Waals surface area contributed by atoms with Crippen molar-refractivity contribution in [1.29, 1.82) is 0 Å². The van der Waals surface area contributed by atoms with Crippen molar-refractivity contribution in [2.75, 3.05) is 27.4 Å². The molecule has 6 aromatic rings. The van der Waals surface area contributed by atoms with E-state index < -0.39 is 31.9 Å². The Morgan fingerprint density at radius 3 is 1.69 bits per heavy atom. The molecule has 0 saturated heterocycles. The monoisotopic (exact) mass is 760 g/mol. The number of fused-ring (bicyclic) bond motifs is 1. The van der Waals surface area contributed by atoms with Gasteiger partial charge in [0, 0.05) is 18.5 Å². The molecule has 6 aromatic carbocycles. The highest BCUT2D eigenvalue weighted by Crippen LogP contribution is 2.31. The fourth-order valence-corrected chi connectivity index (χ4v) is 9.04. The zero-order chi connectivity index (χ0) is 38.6. The van der Waals surface area contributed by atoms with E-state index in [2.05, 4.69) is 14.8 Å². The molecule has 10 nitrogen and oxygen atoms in total. The molecule has 3 N–H and O–H groups in total. The van der Waals surface area contributed by atoms with E-state index in [1.165, 1.54) is 23.1 Å². The van der Waals surface area contributed by atoms with Crippen LogP contribution in [0.3, 0.4) is 0 Å². The highest BCUT2D eigenvalue weighted by atomic mass is 32.2. The normalized spacial score (nSPS) is 11.6. The Bertz CT molecular complexity index is 2620. The second-order valence-electron chi connectivity index (χ2n) is 13.1. The second-order valence-corrected chi connectivity index (χ2v) is 16.4. The number of amides is 2. The van der Waals surface area contributed by atoms with Crippen molar-refractivity contribution < 1.29 is 26.4 Å². The molecule has 0 saturated carbocycles. The fraction of sp³-hybridized carbons (Fsp3) is 0.143. The van der Waals surface area contributed by atoms with E-state index in [1.807, 2.05) is 48.5 Å². The minimum atomic E-state index is -4.07. The molecule has 2 amide bonds. The van der Waals surface area contributed by atoms with Gasteiger partial charge in [-0.15, -0.1) is 0 Å². The summed E-state index contributed by atoms with van der Waals surface area (Å²) in [6.45, 7) is 6.99. The third kappa shape index (κ3) is 8.14. The second kappa shape index (κ2) is 15.6. The summed E-state index contributed by atoms with van der Waals surface area (Å²) < 4.78 is 59.3. The Kier molecular flexibility index (Phi) is 10.9. The molecule has 12 heteroatoms. The van der Waals surface area contributed by atoms with E-state index in [0.717, 1.165) is 21.9 Å². The maximum Gasteiger partial charge on any atom is 0.262 e. The van der Waals surface area contributed by atoms with Gasteiger partial charge in [0.1, 0.15) is 0 Å². The van der Waals surface area contributed by atoms with Crippen LogP contribution in [-0.2, 0) is 20.0 Å². The highest BCUT2D eigenvalue weighted by Gasteiger charge is 2.26. The molecule has 0 atom stereocenters. The summed E-state index contributed by atoms with van der Waals surface area (Å²) in [6, 6.07) is 36.1. The number of carbonyl (C=O) groups is 2. The van der Waals surface area contributed by atoms with Crippen molar-refractivity contribution in [2.24, 2.45) is 0 Å². The van der Waals surface area contributed by atoms with Crippen LogP contribution in [0.4, 0.5) is 17.1 Å². The molecule has 0 bridgehead atoms. The van der Waals surface area contributed by atoms with E-state index >= 15 is 0 Å². The largest absolute Gasteiger partial charge is 0.350 e. The van der Waals surface area contributed by atoms with Gasteiger partial charge in [0.2, 0.25) is 0 Å². The molecule has 6 rings (SSSR count). The van der Waals surface area contributed by atoms with Gasteiger partial charge in [0.15, 0.2) is 0 Å². The Labute approximate surface area is 316 Å². The van der Waals surface area contributed by atoms with Gasteiger partial charge >= 0.3 is 0 Å². The lowest BCUT2D eigenvalue weighted by Crippen LogP contribution is -2.39. The van der Waals surface area contributed by atoms with Crippen molar-refractivity contribution >= 4 is 59.7 Å². The quantitative estimate of drug-likeness (QED) is 0.117. The van der Waals surface area contributed by atoms with Gasteiger partial charge in [0.05, 0.1) is 38.0 Å². The third-order valence-electron chi connectivity index (χ3n) is 9.01. The maximum absolute atomic E-state index is 14.6. The number of carbonyl (C=O) groups excluding carboxylic acids is 2. The van der Waals surface area contributed by atoms with Gasteiger partial charge in [-0.25, -0.2) is 16.8 Å². The number of nitrogens with zero attached hydrogens (tertiary/aromatic N) is 1. The summed E-state index contributed by atoms with van der Waals surface area (Å²) in [5.74, 6) is -1.05. The Morgan fingerprint density at radius 1 is 0.574 bits per heavy atom. The molecule has 0 radical (unpaired) electrons. The number of rotatable bonds is 12. The molecule has 0 aliphatic heterocycles. The molecule has 0 spiro atoms. The van der Waals surface area contributed by atoms with E-state index in [-0.39, 0.29) is 45.4 Å². The highest BCUT2D eigenvalue weighted by molar-refractivity contribution is 7.93. The summed E-state index contributed by atoms with van der Waals surface area (Å²) in [6.07, 6.45) is 0. The van der Waals surface area contributed by atoms with Crippen molar-refractivity contribution in [3.05, 3.63) is 161 Å². The SMILES string of the molecule is Cc1ccc(C)c(S(=O)(=O)Nc2ccccc2C(=O)NCCN(C(=O)c2ccccc2NS(=O)(=O)c2cc(C)ccc2C)c2cccc3ccccc23)c1. The first kappa shape index (κ1) is 37.8. The number of aryl methyl sites for hydroxylation is 4. The summed E-state index contributed by atoms with van der Waals surface area (Å²) in [7, 11) is -8.10. The van der Waals surface area contributed by atoms with Crippen molar-refractivity contribution in [3.63, 3.8) is 0 Å². The molecule has 0 aliphatic carbocycles. The predicted octanol–water partition coefficient (Wildman–Crippen LogP) is 7.75. The molecule has 0 heterocycles. The number of sulfonamides is 2. The first-order valence-corrected chi connectivity index (χ1v) is 20.2. The zero-order valence-electron chi connectivity index (χ0n) is 30.3. The zero-order valence-corrected chi connectivity index (χ0v) is 31.9. The maximum atomic E-state index is 14.6. The first-order chi connectivity index (χ1) is 25.7. The lowest BCUT2D eigenvalue weighted by molar-refractivity contribution is 0.0944. The Balaban J connectivity index is 1.29. The van der Waals surface area contributed by atoms with E-state index in [9.17, 15) is 26.4 Å². The number of para-hydroxylation sites is 2. The predicted molar refractivity (Wildman–Crippen MR) is 214 cm³/mol. The molecule has 0 unspecified atom stereocenters. The van der Waals surface area contributed by atoms with E-state index in [0.29, 0.717) is 16.8 Å². The summed E-state index contributed by atoms with van der Waals surface area (Å²) in [4.78, 5) is 30.0. The number of anilines is 3. The van der Waals surface area contributed by atoms with Crippen LogP contribution in [0.2, 0.25) is 0 Å². The lowest BCUT2D eigenvalue weighted by atomic mass is 10.1. The number of benzene rings is 6. The Hall–Kier alpha value is -5.98. The molecule has 276 valence electrons. The number of hydrogen-bond acceptors (Lipinski definition) is 6. The molecule has 0 aliphatic rings. The van der Waals surface area contributed by atoms with Crippen LogP contribution in [0, 0.1) is 27.7 Å². The molecule has 0 fully saturated rings. The van der Waals surface area contributed by atoms with Gasteiger partial charge in [0.25, 0.3) is 31.9 Å². The van der Waals surface area contributed by atoms with Crippen molar-refractivity contribution in [3.8, 4) is 0 Å². The summed E-state index contributed by atoms with van der Waals surface area (Å²) >= 11 is 0. The van der Waals surface area contributed by atoms with Crippen LogP contribution < -0.4 is 19.7 Å². The van der Waals surface area contributed by atoms with Gasteiger partial charge in [-0.05, 0) is 97.8 Å². The van der Waals surface area contributed by atoms with Crippen LogP contribution in [0.25, 0.3) is 10.8 Å². The molecule has 0 aromatic heterocycles. The summed E-state index contributed by atoms with van der Waals surface area (Å²) in [5, 5.41) is 4.50. The van der Waals surface area contributed by atoms with Crippen LogP contribution in [-0.4, -0.2) is 41.7 Å². The molecular formula is C42H40N4O6S2. The number of nitrogens with one attached hydrogen (secondary N) is 3. The smallest absolute Gasteiger partial charge is 0.262 e.